The number of amides is 1. The number of aromatic nitrogens is 1. The molecule has 1 amide bonds. The molecule has 100 valence electrons. The molecule has 0 aliphatic rings. The van der Waals surface area contributed by atoms with Gasteiger partial charge in [-0.15, -0.1) is 0 Å². The molecule has 0 saturated carbocycles. The van der Waals surface area contributed by atoms with Crippen LogP contribution in [0.1, 0.15) is 6.92 Å². The van der Waals surface area contributed by atoms with E-state index in [2.05, 4.69) is 20.5 Å². The summed E-state index contributed by atoms with van der Waals surface area (Å²) in [5, 5.41) is 5.87. The third-order valence-electron chi connectivity index (χ3n) is 2.32. The van der Waals surface area contributed by atoms with Crippen LogP contribution in [0.2, 0.25) is 0 Å². The number of nitrogens with zero attached hydrogens (tertiary/aromatic N) is 2. The van der Waals surface area contributed by atoms with Crippen LogP contribution in [0.5, 0.6) is 0 Å². The van der Waals surface area contributed by atoms with Crippen LogP contribution >= 0.6 is 0 Å². The zero-order chi connectivity index (χ0) is 13.5. The average molecular weight is 251 g/mol. The van der Waals surface area contributed by atoms with E-state index >= 15 is 0 Å². The summed E-state index contributed by atoms with van der Waals surface area (Å²) in [5.74, 6) is 0.270. The Hall–Kier alpha value is -1.66. The molecule has 1 heterocycles. The summed E-state index contributed by atoms with van der Waals surface area (Å²) in [4.78, 5) is 17.6. The first-order valence-corrected chi connectivity index (χ1v) is 5.90. The van der Waals surface area contributed by atoms with E-state index in [0.29, 0.717) is 5.82 Å². The Morgan fingerprint density at radius 1 is 1.50 bits per heavy atom. The molecule has 1 rings (SSSR count). The fourth-order valence-electron chi connectivity index (χ4n) is 1.24. The Morgan fingerprint density at radius 2 is 2.22 bits per heavy atom. The molecule has 4 N–H and O–H groups in total. The first kappa shape index (κ1) is 14.4. The second kappa shape index (κ2) is 6.93. The number of nitrogens with two attached hydrogens (primary N) is 1. The highest BCUT2D eigenvalue weighted by Gasteiger charge is 2.07. The van der Waals surface area contributed by atoms with E-state index in [0.717, 1.165) is 18.8 Å². The molecule has 1 aromatic rings. The number of rotatable bonds is 6. The second-order valence-corrected chi connectivity index (χ2v) is 4.44. The molecule has 0 bridgehead atoms. The molecule has 0 aliphatic carbocycles. The largest absolute Gasteiger partial charge is 0.383 e. The molecule has 1 atom stereocenters. The summed E-state index contributed by atoms with van der Waals surface area (Å²) in [6.45, 7) is 3.43. The maximum absolute atomic E-state index is 11.3. The number of carbonyl (C=O) groups is 1. The van der Waals surface area contributed by atoms with Gasteiger partial charge in [0.05, 0.1) is 17.9 Å². The molecular formula is C12H21N5O. The molecule has 0 spiro atoms. The maximum atomic E-state index is 11.3. The third kappa shape index (κ3) is 5.11. The van der Waals surface area contributed by atoms with Crippen molar-refractivity contribution in [3.63, 3.8) is 0 Å². The van der Waals surface area contributed by atoms with Crippen molar-refractivity contribution in [2.45, 2.75) is 13.0 Å². The Labute approximate surface area is 108 Å². The van der Waals surface area contributed by atoms with Gasteiger partial charge in [-0.3, -0.25) is 4.79 Å². The normalized spacial score (nSPS) is 12.3. The lowest BCUT2D eigenvalue weighted by atomic mass is 10.3. The van der Waals surface area contributed by atoms with Gasteiger partial charge in [-0.25, -0.2) is 4.98 Å². The van der Waals surface area contributed by atoms with Crippen LogP contribution < -0.4 is 16.4 Å². The first-order chi connectivity index (χ1) is 8.49. The number of pyridine rings is 1. The van der Waals surface area contributed by atoms with E-state index in [1.54, 1.807) is 19.2 Å². The van der Waals surface area contributed by atoms with Crippen LogP contribution in [-0.4, -0.2) is 49.0 Å². The highest BCUT2D eigenvalue weighted by Crippen LogP contribution is 2.09. The van der Waals surface area contributed by atoms with Crippen molar-refractivity contribution >= 4 is 17.4 Å². The van der Waals surface area contributed by atoms with E-state index in [1.165, 1.54) is 0 Å². The zero-order valence-electron chi connectivity index (χ0n) is 11.1. The predicted molar refractivity (Wildman–Crippen MR) is 73.6 cm³/mol. The summed E-state index contributed by atoms with van der Waals surface area (Å²) in [5.41, 5.74) is 6.38. The monoisotopic (exact) mass is 251 g/mol. The summed E-state index contributed by atoms with van der Waals surface area (Å²) in [7, 11) is 4.04. The minimum Gasteiger partial charge on any atom is -0.383 e. The van der Waals surface area contributed by atoms with E-state index < -0.39 is 6.04 Å². The Bertz CT molecular complexity index is 375. The number of anilines is 2. The number of hydrogen-bond donors (Lipinski definition) is 3. The summed E-state index contributed by atoms with van der Waals surface area (Å²) in [6, 6.07) is 3.09. The molecule has 0 radical (unpaired) electrons. The van der Waals surface area contributed by atoms with E-state index in [4.69, 9.17) is 5.73 Å². The van der Waals surface area contributed by atoms with Crippen LogP contribution in [0.15, 0.2) is 18.3 Å². The molecular weight excluding hydrogens is 230 g/mol. The van der Waals surface area contributed by atoms with Gasteiger partial charge in [-0.1, -0.05) is 0 Å². The predicted octanol–water partition coefficient (Wildman–Crippen LogP) is 0.341. The van der Waals surface area contributed by atoms with Crippen molar-refractivity contribution in [2.24, 2.45) is 5.73 Å². The molecule has 0 aliphatic heterocycles. The Morgan fingerprint density at radius 3 is 2.72 bits per heavy atom. The topological polar surface area (TPSA) is 83.3 Å². The number of nitrogens with one attached hydrogen (secondary N) is 2. The maximum Gasteiger partial charge on any atom is 0.242 e. The van der Waals surface area contributed by atoms with Crippen molar-refractivity contribution in [1.29, 1.82) is 0 Å². The van der Waals surface area contributed by atoms with Crippen molar-refractivity contribution in [3.05, 3.63) is 18.3 Å². The molecule has 0 aromatic carbocycles. The lowest BCUT2D eigenvalue weighted by Crippen LogP contribution is -2.32. The van der Waals surface area contributed by atoms with Crippen molar-refractivity contribution < 1.29 is 4.79 Å². The van der Waals surface area contributed by atoms with Gasteiger partial charge in [0.15, 0.2) is 0 Å². The molecule has 6 nitrogen and oxygen atoms in total. The van der Waals surface area contributed by atoms with Gasteiger partial charge in [0.25, 0.3) is 0 Å². The van der Waals surface area contributed by atoms with E-state index in [9.17, 15) is 4.79 Å². The van der Waals surface area contributed by atoms with Gasteiger partial charge in [-0.2, -0.15) is 0 Å². The van der Waals surface area contributed by atoms with Gasteiger partial charge in [0.1, 0.15) is 5.82 Å². The smallest absolute Gasteiger partial charge is 0.242 e. The highest BCUT2D eigenvalue weighted by atomic mass is 16.2. The van der Waals surface area contributed by atoms with Crippen LogP contribution in [0.4, 0.5) is 11.5 Å². The van der Waals surface area contributed by atoms with Crippen molar-refractivity contribution in [3.8, 4) is 0 Å². The SMILES string of the molecule is CC(N)C(=O)Nc1ccc(NCCN(C)C)cn1. The van der Waals surface area contributed by atoms with E-state index in [-0.39, 0.29) is 5.91 Å². The molecule has 1 aromatic heterocycles. The summed E-state index contributed by atoms with van der Waals surface area (Å²) >= 11 is 0. The summed E-state index contributed by atoms with van der Waals surface area (Å²) < 4.78 is 0. The number of hydrogen-bond acceptors (Lipinski definition) is 5. The van der Waals surface area contributed by atoms with Crippen LogP contribution in [0, 0.1) is 0 Å². The number of carbonyl (C=O) groups excluding carboxylic acids is 1. The van der Waals surface area contributed by atoms with Crippen molar-refractivity contribution in [1.82, 2.24) is 9.88 Å². The lowest BCUT2D eigenvalue weighted by Gasteiger charge is -2.11. The first-order valence-electron chi connectivity index (χ1n) is 5.90. The average Bonchev–Trinajstić information content (AvgIpc) is 2.30. The molecule has 0 saturated heterocycles. The fraction of sp³-hybridized carbons (Fsp3) is 0.500. The Kier molecular flexibility index (Phi) is 5.54. The van der Waals surface area contributed by atoms with E-state index in [1.807, 2.05) is 20.2 Å². The molecule has 18 heavy (non-hydrogen) atoms. The second-order valence-electron chi connectivity index (χ2n) is 4.44. The molecule has 6 heteroatoms. The summed E-state index contributed by atoms with van der Waals surface area (Å²) in [6.07, 6.45) is 1.69. The van der Waals surface area contributed by atoms with Crippen molar-refractivity contribution in [2.75, 3.05) is 37.8 Å². The number of likely N-dealkylation sites (N-methyl/N-ethyl adjacent to an activating group) is 1. The van der Waals surface area contributed by atoms with Crippen LogP contribution in [-0.2, 0) is 4.79 Å². The quantitative estimate of drug-likeness (QED) is 0.679. The lowest BCUT2D eigenvalue weighted by molar-refractivity contribution is -0.117. The van der Waals surface area contributed by atoms with Gasteiger partial charge >= 0.3 is 0 Å². The van der Waals surface area contributed by atoms with Gasteiger partial charge in [-0.05, 0) is 33.2 Å². The molecule has 0 fully saturated rings. The third-order valence-corrected chi connectivity index (χ3v) is 2.32. The van der Waals surface area contributed by atoms with Crippen LogP contribution in [0.3, 0.4) is 0 Å². The minimum absolute atomic E-state index is 0.240. The minimum atomic E-state index is -0.537. The van der Waals surface area contributed by atoms with Gasteiger partial charge in [0.2, 0.25) is 5.91 Å². The van der Waals surface area contributed by atoms with Gasteiger partial charge in [0, 0.05) is 13.1 Å². The molecule has 1 unspecified atom stereocenters. The van der Waals surface area contributed by atoms with Gasteiger partial charge < -0.3 is 21.3 Å². The van der Waals surface area contributed by atoms with Crippen LogP contribution in [0.25, 0.3) is 0 Å². The standard InChI is InChI=1S/C12H21N5O/c1-9(13)12(18)16-11-5-4-10(8-15-11)14-6-7-17(2)3/h4-5,8-9,14H,6-7,13H2,1-3H3,(H,15,16,18). The fourth-order valence-corrected chi connectivity index (χ4v) is 1.24. The Balaban J connectivity index is 2.45. The highest BCUT2D eigenvalue weighted by molar-refractivity contribution is 5.93. The zero-order valence-corrected chi connectivity index (χ0v) is 11.1.